The van der Waals surface area contributed by atoms with Gasteiger partial charge in [0.25, 0.3) is 0 Å². The van der Waals surface area contributed by atoms with Crippen molar-refractivity contribution in [2.75, 3.05) is 5.32 Å². The molecule has 0 saturated heterocycles. The van der Waals surface area contributed by atoms with E-state index in [0.29, 0.717) is 23.8 Å². The van der Waals surface area contributed by atoms with Crippen LogP contribution in [0.25, 0.3) is 11.1 Å². The second-order valence-corrected chi connectivity index (χ2v) is 6.72. The topological polar surface area (TPSA) is 47.0 Å². The number of ether oxygens (including phenoxy) is 1. The van der Waals surface area contributed by atoms with Crippen LogP contribution in [-0.4, -0.2) is 16.3 Å². The Kier molecular flexibility index (Phi) is 4.90. The van der Waals surface area contributed by atoms with Gasteiger partial charge in [-0.3, -0.25) is 4.98 Å². The van der Waals surface area contributed by atoms with E-state index < -0.39 is 6.36 Å². The van der Waals surface area contributed by atoms with E-state index in [0.717, 1.165) is 16.8 Å². The fraction of sp³-hybridized carbons (Fsp3) is 0.238. The maximum absolute atomic E-state index is 12.3. The molecule has 4 rings (SSSR count). The third-order valence-corrected chi connectivity index (χ3v) is 4.48. The number of aromatic nitrogens is 2. The van der Waals surface area contributed by atoms with Gasteiger partial charge in [0, 0.05) is 36.1 Å². The molecule has 2 aromatic heterocycles. The number of benzene rings is 1. The van der Waals surface area contributed by atoms with E-state index in [1.165, 1.54) is 31.0 Å². The fourth-order valence-corrected chi connectivity index (χ4v) is 2.94. The Morgan fingerprint density at radius 3 is 2.57 bits per heavy atom. The van der Waals surface area contributed by atoms with Crippen molar-refractivity contribution in [3.05, 3.63) is 72.2 Å². The minimum atomic E-state index is -4.70. The van der Waals surface area contributed by atoms with Gasteiger partial charge in [-0.05, 0) is 60.4 Å². The van der Waals surface area contributed by atoms with E-state index >= 15 is 0 Å². The molecule has 1 N–H and O–H groups in total. The molecule has 144 valence electrons. The first-order valence-corrected chi connectivity index (χ1v) is 8.97. The second-order valence-electron chi connectivity index (χ2n) is 6.72. The summed E-state index contributed by atoms with van der Waals surface area (Å²) in [6, 6.07) is 13.7. The summed E-state index contributed by atoms with van der Waals surface area (Å²) in [5.41, 5.74) is 3.86. The molecule has 0 bridgehead atoms. The lowest BCUT2D eigenvalue weighted by Crippen LogP contribution is -2.17. The second kappa shape index (κ2) is 7.50. The lowest BCUT2D eigenvalue weighted by atomic mass is 10.1. The molecule has 0 spiro atoms. The molecule has 0 atom stereocenters. The Bertz CT molecular complexity index is 954. The largest absolute Gasteiger partial charge is 0.573 e. The average molecular weight is 385 g/mol. The molecule has 28 heavy (non-hydrogen) atoms. The van der Waals surface area contributed by atoms with E-state index in [9.17, 15) is 13.2 Å². The van der Waals surface area contributed by atoms with Gasteiger partial charge in [0.2, 0.25) is 0 Å². The summed E-state index contributed by atoms with van der Waals surface area (Å²) in [5, 5.41) is 3.11. The van der Waals surface area contributed by atoms with Gasteiger partial charge in [-0.25, -0.2) is 4.98 Å². The molecule has 0 radical (unpaired) electrons. The van der Waals surface area contributed by atoms with Crippen molar-refractivity contribution >= 4 is 5.82 Å². The van der Waals surface area contributed by atoms with Crippen molar-refractivity contribution in [3.63, 3.8) is 0 Å². The normalized spacial score (nSPS) is 14.0. The van der Waals surface area contributed by atoms with Crippen LogP contribution in [0, 0.1) is 0 Å². The van der Waals surface area contributed by atoms with Crippen LogP contribution in [0.15, 0.2) is 60.9 Å². The highest BCUT2D eigenvalue weighted by Gasteiger charge is 2.31. The molecular formula is C21H18F3N3O. The van der Waals surface area contributed by atoms with Crippen molar-refractivity contribution < 1.29 is 17.9 Å². The van der Waals surface area contributed by atoms with Crippen molar-refractivity contribution in [3.8, 4) is 16.9 Å². The Morgan fingerprint density at radius 1 is 1.00 bits per heavy atom. The Hall–Kier alpha value is -3.09. The maximum atomic E-state index is 12.3. The number of anilines is 1. The summed E-state index contributed by atoms with van der Waals surface area (Å²) >= 11 is 0. The van der Waals surface area contributed by atoms with E-state index in [2.05, 4.69) is 26.1 Å². The molecular weight excluding hydrogens is 367 g/mol. The summed E-state index contributed by atoms with van der Waals surface area (Å²) in [4.78, 5) is 8.82. The first kappa shape index (κ1) is 18.3. The zero-order chi connectivity index (χ0) is 19.6. The summed E-state index contributed by atoms with van der Waals surface area (Å²) in [6.45, 7) is 0.336. The predicted molar refractivity (Wildman–Crippen MR) is 99.9 cm³/mol. The molecule has 1 aliphatic carbocycles. The summed E-state index contributed by atoms with van der Waals surface area (Å²) in [7, 11) is 0. The van der Waals surface area contributed by atoms with E-state index in [1.807, 2.05) is 24.4 Å². The van der Waals surface area contributed by atoms with Gasteiger partial charge in [0.15, 0.2) is 0 Å². The average Bonchev–Trinajstić information content (AvgIpc) is 3.51. The van der Waals surface area contributed by atoms with Crippen molar-refractivity contribution in [2.24, 2.45) is 0 Å². The molecule has 0 amide bonds. The van der Waals surface area contributed by atoms with E-state index in [4.69, 9.17) is 0 Å². The van der Waals surface area contributed by atoms with Crippen LogP contribution in [0.1, 0.15) is 30.0 Å². The summed E-state index contributed by atoms with van der Waals surface area (Å²) in [6.07, 6.45) is 1.30. The monoisotopic (exact) mass is 385 g/mol. The molecule has 3 aromatic rings. The highest BCUT2D eigenvalue weighted by molar-refractivity contribution is 5.64. The number of halogens is 3. The smallest absolute Gasteiger partial charge is 0.406 e. The Morgan fingerprint density at radius 2 is 1.86 bits per heavy atom. The number of alkyl halides is 3. The lowest BCUT2D eigenvalue weighted by molar-refractivity contribution is -0.274. The van der Waals surface area contributed by atoms with Crippen LogP contribution >= 0.6 is 0 Å². The van der Waals surface area contributed by atoms with Crippen molar-refractivity contribution in [1.29, 1.82) is 0 Å². The van der Waals surface area contributed by atoms with Gasteiger partial charge in [0.05, 0.1) is 0 Å². The van der Waals surface area contributed by atoms with Gasteiger partial charge in [-0.2, -0.15) is 0 Å². The van der Waals surface area contributed by atoms with Crippen LogP contribution in [0.5, 0.6) is 5.75 Å². The van der Waals surface area contributed by atoms with E-state index in [-0.39, 0.29) is 5.75 Å². The molecule has 0 aliphatic heterocycles. The van der Waals surface area contributed by atoms with Gasteiger partial charge < -0.3 is 10.1 Å². The minimum absolute atomic E-state index is 0.237. The van der Waals surface area contributed by atoms with Crippen LogP contribution in [0.4, 0.5) is 19.0 Å². The first-order chi connectivity index (χ1) is 13.5. The van der Waals surface area contributed by atoms with Gasteiger partial charge >= 0.3 is 6.36 Å². The third kappa shape index (κ3) is 4.79. The van der Waals surface area contributed by atoms with Gasteiger partial charge in [-0.15, -0.1) is 13.2 Å². The predicted octanol–water partition coefficient (Wildman–Crippen LogP) is 5.53. The summed E-state index contributed by atoms with van der Waals surface area (Å²) in [5.74, 6) is 0.993. The highest BCUT2D eigenvalue weighted by Crippen LogP contribution is 2.39. The number of nitrogens with zero attached hydrogens (tertiary/aromatic N) is 2. The molecule has 1 aliphatic rings. The molecule has 1 fully saturated rings. The summed E-state index contributed by atoms with van der Waals surface area (Å²) < 4.78 is 40.9. The van der Waals surface area contributed by atoms with Crippen LogP contribution in [-0.2, 0) is 6.54 Å². The number of nitrogens with one attached hydrogen (secondary N) is 1. The molecule has 1 aromatic carbocycles. The zero-order valence-electron chi connectivity index (χ0n) is 14.9. The number of rotatable bonds is 6. The maximum Gasteiger partial charge on any atom is 0.573 e. The van der Waals surface area contributed by atoms with Crippen molar-refractivity contribution in [1.82, 2.24) is 9.97 Å². The van der Waals surface area contributed by atoms with Gasteiger partial charge in [-0.1, -0.05) is 12.1 Å². The molecule has 1 saturated carbocycles. The van der Waals surface area contributed by atoms with E-state index in [1.54, 1.807) is 12.3 Å². The Balaban J connectivity index is 1.40. The molecule has 2 heterocycles. The Labute approximate surface area is 160 Å². The number of pyridine rings is 2. The highest BCUT2D eigenvalue weighted by atomic mass is 19.4. The fourth-order valence-electron chi connectivity index (χ4n) is 2.94. The van der Waals surface area contributed by atoms with Crippen LogP contribution in [0.3, 0.4) is 0 Å². The molecule has 0 unspecified atom stereocenters. The molecule has 7 heteroatoms. The first-order valence-electron chi connectivity index (χ1n) is 8.97. The lowest BCUT2D eigenvalue weighted by Gasteiger charge is -2.11. The SMILES string of the molecule is FC(F)(F)Oc1cccc(CNc2ccc(-c3ccnc(C4CC4)c3)cn2)c1. The number of hydrogen-bond donors (Lipinski definition) is 1. The van der Waals surface area contributed by atoms with Crippen LogP contribution < -0.4 is 10.1 Å². The third-order valence-electron chi connectivity index (χ3n) is 4.48. The minimum Gasteiger partial charge on any atom is -0.406 e. The van der Waals surface area contributed by atoms with Crippen LogP contribution in [0.2, 0.25) is 0 Å². The van der Waals surface area contributed by atoms with Gasteiger partial charge in [0.1, 0.15) is 11.6 Å². The standard InChI is InChI=1S/C21H18F3N3O/c22-21(23,24)28-18-3-1-2-14(10-18)12-26-20-7-6-17(13-27-20)16-8-9-25-19(11-16)15-4-5-15/h1-3,6-11,13,15H,4-5,12H2,(H,26,27). The van der Waals surface area contributed by atoms with Crippen molar-refractivity contribution in [2.45, 2.75) is 31.7 Å². The molecule has 4 nitrogen and oxygen atoms in total. The quantitative estimate of drug-likeness (QED) is 0.606. The number of hydrogen-bond acceptors (Lipinski definition) is 4. The zero-order valence-corrected chi connectivity index (χ0v) is 14.9.